The van der Waals surface area contributed by atoms with Gasteiger partial charge in [-0.05, 0) is 15.9 Å². The van der Waals surface area contributed by atoms with Crippen LogP contribution in [0.15, 0.2) is 10.7 Å². The SMILES string of the molecule is COc1c(Br)c[n+]([O-])c(OC)c1OC. The van der Waals surface area contributed by atoms with Crippen molar-refractivity contribution < 1.29 is 18.9 Å². The zero-order valence-electron chi connectivity index (χ0n) is 8.04. The Kier molecular flexibility index (Phi) is 3.40. The number of methoxy groups -OCH3 is 3. The molecule has 0 bridgehead atoms. The molecule has 0 aliphatic heterocycles. The molecule has 1 aromatic rings. The molecule has 0 aliphatic rings. The molecule has 0 saturated carbocycles. The van der Waals surface area contributed by atoms with Crippen LogP contribution in [0.4, 0.5) is 0 Å². The van der Waals surface area contributed by atoms with Gasteiger partial charge in [-0.1, -0.05) is 0 Å². The Morgan fingerprint density at radius 1 is 1.14 bits per heavy atom. The Labute approximate surface area is 89.9 Å². The first kappa shape index (κ1) is 10.9. The van der Waals surface area contributed by atoms with Crippen LogP contribution in [0.25, 0.3) is 0 Å². The van der Waals surface area contributed by atoms with Gasteiger partial charge in [0.2, 0.25) is 6.20 Å². The van der Waals surface area contributed by atoms with E-state index in [9.17, 15) is 5.21 Å². The molecule has 0 N–H and O–H groups in total. The van der Waals surface area contributed by atoms with E-state index in [-0.39, 0.29) is 11.6 Å². The Balaban J connectivity index is 3.43. The Morgan fingerprint density at radius 3 is 2.14 bits per heavy atom. The first-order valence-electron chi connectivity index (χ1n) is 3.73. The van der Waals surface area contributed by atoms with E-state index >= 15 is 0 Å². The maximum atomic E-state index is 11.3. The second-order valence-electron chi connectivity index (χ2n) is 2.38. The summed E-state index contributed by atoms with van der Waals surface area (Å²) in [4.78, 5) is 0. The molecule has 0 radical (unpaired) electrons. The Morgan fingerprint density at radius 2 is 1.71 bits per heavy atom. The summed E-state index contributed by atoms with van der Waals surface area (Å²) in [6.07, 6.45) is 1.29. The average molecular weight is 264 g/mol. The number of aromatic nitrogens is 1. The van der Waals surface area contributed by atoms with Gasteiger partial charge in [-0.25, -0.2) is 0 Å². The molecule has 0 aromatic carbocycles. The van der Waals surface area contributed by atoms with E-state index in [1.54, 1.807) is 0 Å². The standard InChI is InChI=1S/C8H10BrNO4/c1-12-6-5(9)4-10(11)8(14-3)7(6)13-2/h4H,1-3H3. The third-order valence-corrected chi connectivity index (χ3v) is 2.21. The number of ether oxygens (including phenoxy) is 3. The Hall–Kier alpha value is -1.17. The first-order chi connectivity index (χ1) is 6.65. The highest BCUT2D eigenvalue weighted by atomic mass is 79.9. The number of halogens is 1. The van der Waals surface area contributed by atoms with E-state index in [0.29, 0.717) is 15.0 Å². The summed E-state index contributed by atoms with van der Waals surface area (Å²) < 4.78 is 16.0. The summed E-state index contributed by atoms with van der Waals surface area (Å²) in [6.45, 7) is 0. The molecule has 1 rings (SSSR count). The smallest absolute Gasteiger partial charge is 0.426 e. The van der Waals surface area contributed by atoms with E-state index in [0.717, 1.165) is 0 Å². The van der Waals surface area contributed by atoms with Gasteiger partial charge in [-0.3, -0.25) is 0 Å². The van der Waals surface area contributed by atoms with Gasteiger partial charge in [0.1, 0.15) is 4.47 Å². The van der Waals surface area contributed by atoms with Crippen molar-refractivity contribution in [3.8, 4) is 17.4 Å². The van der Waals surface area contributed by atoms with Crippen molar-refractivity contribution in [3.63, 3.8) is 0 Å². The lowest BCUT2D eigenvalue weighted by Gasteiger charge is -2.11. The zero-order valence-corrected chi connectivity index (χ0v) is 9.62. The third-order valence-electron chi connectivity index (χ3n) is 1.65. The van der Waals surface area contributed by atoms with E-state index in [1.165, 1.54) is 27.5 Å². The van der Waals surface area contributed by atoms with Gasteiger partial charge in [0.25, 0.3) is 5.75 Å². The Bertz CT molecular complexity index is 314. The normalized spacial score (nSPS) is 9.71. The van der Waals surface area contributed by atoms with Crippen LogP contribution >= 0.6 is 15.9 Å². The van der Waals surface area contributed by atoms with Crippen LogP contribution in [0.1, 0.15) is 0 Å². The lowest BCUT2D eigenvalue weighted by atomic mass is 10.4. The van der Waals surface area contributed by atoms with Gasteiger partial charge >= 0.3 is 5.88 Å². The largest absolute Gasteiger partial charge is 0.616 e. The lowest BCUT2D eigenvalue weighted by Crippen LogP contribution is -2.28. The van der Waals surface area contributed by atoms with Gasteiger partial charge in [-0.15, -0.1) is 4.73 Å². The summed E-state index contributed by atoms with van der Waals surface area (Å²) in [5.41, 5.74) is 0. The van der Waals surface area contributed by atoms with E-state index in [4.69, 9.17) is 14.2 Å². The molecule has 0 unspecified atom stereocenters. The van der Waals surface area contributed by atoms with Crippen molar-refractivity contribution in [3.05, 3.63) is 15.9 Å². The molecule has 1 heterocycles. The second-order valence-corrected chi connectivity index (χ2v) is 3.23. The fourth-order valence-electron chi connectivity index (χ4n) is 1.08. The molecular formula is C8H10BrNO4. The van der Waals surface area contributed by atoms with Crippen LogP contribution in [0.3, 0.4) is 0 Å². The molecule has 0 fully saturated rings. The van der Waals surface area contributed by atoms with Crippen molar-refractivity contribution in [2.24, 2.45) is 0 Å². The average Bonchev–Trinajstić information content (AvgIpc) is 2.16. The summed E-state index contributed by atoms with van der Waals surface area (Å²) in [5, 5.41) is 11.3. The van der Waals surface area contributed by atoms with Crippen molar-refractivity contribution in [2.45, 2.75) is 0 Å². The van der Waals surface area contributed by atoms with E-state index < -0.39 is 0 Å². The molecule has 0 saturated heterocycles. The maximum Gasteiger partial charge on any atom is 0.426 e. The maximum absolute atomic E-state index is 11.3. The van der Waals surface area contributed by atoms with Crippen molar-refractivity contribution >= 4 is 15.9 Å². The van der Waals surface area contributed by atoms with Gasteiger partial charge in [-0.2, -0.15) is 0 Å². The van der Waals surface area contributed by atoms with Crippen LogP contribution in [-0.4, -0.2) is 21.3 Å². The van der Waals surface area contributed by atoms with Gasteiger partial charge in [0, 0.05) is 0 Å². The fraction of sp³-hybridized carbons (Fsp3) is 0.375. The number of rotatable bonds is 3. The molecule has 78 valence electrons. The van der Waals surface area contributed by atoms with Crippen molar-refractivity contribution in [1.82, 2.24) is 0 Å². The highest BCUT2D eigenvalue weighted by molar-refractivity contribution is 9.10. The van der Waals surface area contributed by atoms with Crippen LogP contribution < -0.4 is 18.9 Å². The number of pyridine rings is 1. The first-order valence-corrected chi connectivity index (χ1v) is 4.52. The topological polar surface area (TPSA) is 54.6 Å². The quantitative estimate of drug-likeness (QED) is 0.606. The minimum atomic E-state index is 0.0625. The van der Waals surface area contributed by atoms with E-state index in [1.807, 2.05) is 0 Å². The zero-order chi connectivity index (χ0) is 10.7. The molecule has 0 aliphatic carbocycles. The second kappa shape index (κ2) is 4.36. The lowest BCUT2D eigenvalue weighted by molar-refractivity contribution is -0.613. The van der Waals surface area contributed by atoms with E-state index in [2.05, 4.69) is 15.9 Å². The summed E-state index contributed by atoms with van der Waals surface area (Å²) in [5.74, 6) is 0.753. The predicted octanol–water partition coefficient (Wildman–Crippen LogP) is 1.11. The number of hydrogen-bond acceptors (Lipinski definition) is 4. The van der Waals surface area contributed by atoms with Gasteiger partial charge in [0.15, 0.2) is 5.75 Å². The minimum absolute atomic E-state index is 0.0625. The fourth-order valence-corrected chi connectivity index (χ4v) is 1.61. The minimum Gasteiger partial charge on any atom is -0.616 e. The van der Waals surface area contributed by atoms with Crippen LogP contribution in [-0.2, 0) is 0 Å². The molecule has 1 aromatic heterocycles. The molecule has 6 heteroatoms. The molecule has 14 heavy (non-hydrogen) atoms. The molecule has 0 amide bonds. The molecular weight excluding hydrogens is 254 g/mol. The van der Waals surface area contributed by atoms with Crippen molar-refractivity contribution in [2.75, 3.05) is 21.3 Å². The van der Waals surface area contributed by atoms with Crippen LogP contribution in [0.2, 0.25) is 0 Å². The van der Waals surface area contributed by atoms with Crippen LogP contribution in [0.5, 0.6) is 17.4 Å². The summed E-state index contributed by atoms with van der Waals surface area (Å²) >= 11 is 3.18. The highest BCUT2D eigenvalue weighted by Crippen LogP contribution is 2.39. The van der Waals surface area contributed by atoms with Crippen molar-refractivity contribution in [1.29, 1.82) is 0 Å². The predicted molar refractivity (Wildman–Crippen MR) is 52.8 cm³/mol. The number of hydrogen-bond donors (Lipinski definition) is 0. The van der Waals surface area contributed by atoms with Crippen LogP contribution in [0, 0.1) is 5.21 Å². The number of nitrogens with zero attached hydrogens (tertiary/aromatic N) is 1. The van der Waals surface area contributed by atoms with Gasteiger partial charge in [0.05, 0.1) is 21.3 Å². The monoisotopic (exact) mass is 263 g/mol. The van der Waals surface area contributed by atoms with Gasteiger partial charge < -0.3 is 19.4 Å². The molecule has 0 atom stereocenters. The molecule has 5 nitrogen and oxygen atoms in total. The third kappa shape index (κ3) is 1.70. The molecule has 0 spiro atoms. The summed E-state index contributed by atoms with van der Waals surface area (Å²) in [6, 6.07) is 0. The highest BCUT2D eigenvalue weighted by Gasteiger charge is 2.23. The summed E-state index contributed by atoms with van der Waals surface area (Å²) in [7, 11) is 4.31.